The summed E-state index contributed by atoms with van der Waals surface area (Å²) in [6.45, 7) is 19.6. The first kappa shape index (κ1) is 23.4. The van der Waals surface area contributed by atoms with Crippen LogP contribution in [-0.2, 0) is 0 Å². The number of hydrogen-bond donors (Lipinski definition) is 2. The molecule has 2 heteroatoms. The van der Waals surface area contributed by atoms with E-state index in [0.717, 1.165) is 30.6 Å². The van der Waals surface area contributed by atoms with Crippen molar-refractivity contribution in [1.29, 1.82) is 0 Å². The highest BCUT2D eigenvalue weighted by Gasteiger charge is 2.70. The van der Waals surface area contributed by atoms with Crippen molar-refractivity contribution in [3.8, 4) is 0 Å². The van der Waals surface area contributed by atoms with Crippen LogP contribution in [0, 0.1) is 56.7 Å². The minimum Gasteiger partial charge on any atom is -0.396 e. The molecule has 0 aromatic heterocycles. The predicted molar refractivity (Wildman–Crippen MR) is 132 cm³/mol. The first-order valence-corrected chi connectivity index (χ1v) is 13.8. The number of aliphatic hydroxyl groups excluding tert-OH is 2. The predicted octanol–water partition coefficient (Wildman–Crippen LogP) is 7.00. The van der Waals surface area contributed by atoms with Crippen LogP contribution in [0.5, 0.6) is 0 Å². The number of allylic oxidation sites excluding steroid dienone is 1. The maximum Gasteiger partial charge on any atom is 0.0618 e. The fourth-order valence-corrected chi connectivity index (χ4v) is 11.5. The zero-order valence-electron chi connectivity index (χ0n) is 21.8. The Balaban J connectivity index is 1.54. The standard InChI is InChI=1S/C30H50O2/c1-19(2)20-10-13-26(3)16-17-29(6)21(25(20)26)8-9-23-27(4)14-12-24(32)28(5,18-31)22(27)11-15-30(23,29)7/h20-25,31-32H,1,8-18H2,2-7H3/t20-,21+,22-,23+,24-,25+,26+,27-,28-,29+,30+/m0/s1. The van der Waals surface area contributed by atoms with Crippen molar-refractivity contribution in [3.05, 3.63) is 12.2 Å². The Bertz CT molecular complexity index is 790. The zero-order chi connectivity index (χ0) is 23.3. The van der Waals surface area contributed by atoms with Crippen LogP contribution < -0.4 is 0 Å². The van der Waals surface area contributed by atoms with Crippen molar-refractivity contribution in [2.24, 2.45) is 56.7 Å². The van der Waals surface area contributed by atoms with Crippen LogP contribution in [0.3, 0.4) is 0 Å². The highest BCUT2D eigenvalue weighted by atomic mass is 16.3. The third-order valence-electron chi connectivity index (χ3n) is 13.6. The molecule has 2 N–H and O–H groups in total. The molecule has 11 atom stereocenters. The molecule has 0 bridgehead atoms. The largest absolute Gasteiger partial charge is 0.396 e. The summed E-state index contributed by atoms with van der Waals surface area (Å²) in [4.78, 5) is 0. The average molecular weight is 443 g/mol. The molecule has 0 aliphatic heterocycles. The smallest absolute Gasteiger partial charge is 0.0618 e. The molecule has 32 heavy (non-hydrogen) atoms. The average Bonchev–Trinajstić information content (AvgIpc) is 3.09. The summed E-state index contributed by atoms with van der Waals surface area (Å²) in [5, 5.41) is 21.3. The normalized spacial score (nSPS) is 59.5. The molecule has 0 radical (unpaired) electrons. The topological polar surface area (TPSA) is 40.5 Å². The van der Waals surface area contributed by atoms with E-state index >= 15 is 0 Å². The summed E-state index contributed by atoms with van der Waals surface area (Å²) < 4.78 is 0. The molecule has 182 valence electrons. The maximum atomic E-state index is 10.9. The Morgan fingerprint density at radius 1 is 0.812 bits per heavy atom. The van der Waals surface area contributed by atoms with Crippen LogP contribution in [0.15, 0.2) is 12.2 Å². The second-order valence-corrected chi connectivity index (χ2v) is 14.6. The zero-order valence-corrected chi connectivity index (χ0v) is 21.8. The van der Waals surface area contributed by atoms with Crippen LogP contribution in [0.1, 0.15) is 106 Å². The van der Waals surface area contributed by atoms with Gasteiger partial charge in [0.25, 0.3) is 0 Å². The Morgan fingerprint density at radius 2 is 1.53 bits per heavy atom. The molecule has 5 fully saturated rings. The molecule has 2 nitrogen and oxygen atoms in total. The van der Waals surface area contributed by atoms with Gasteiger partial charge in [-0.2, -0.15) is 0 Å². The lowest BCUT2D eigenvalue weighted by molar-refractivity contribution is -0.253. The molecule has 0 unspecified atom stereocenters. The van der Waals surface area contributed by atoms with Crippen molar-refractivity contribution in [2.45, 2.75) is 112 Å². The van der Waals surface area contributed by atoms with Crippen molar-refractivity contribution < 1.29 is 10.2 Å². The minimum atomic E-state index is -0.355. The third kappa shape index (κ3) is 2.66. The first-order chi connectivity index (χ1) is 14.9. The van der Waals surface area contributed by atoms with Gasteiger partial charge in [-0.1, -0.05) is 46.8 Å². The van der Waals surface area contributed by atoms with Gasteiger partial charge in [-0.15, -0.1) is 0 Å². The molecule has 0 saturated heterocycles. The second-order valence-electron chi connectivity index (χ2n) is 14.6. The summed E-state index contributed by atoms with van der Waals surface area (Å²) in [6, 6.07) is 0. The number of aliphatic hydroxyl groups is 2. The Labute approximate surface area is 197 Å². The van der Waals surface area contributed by atoms with Crippen molar-refractivity contribution in [2.75, 3.05) is 6.61 Å². The van der Waals surface area contributed by atoms with Crippen LogP contribution in [-0.4, -0.2) is 22.9 Å². The lowest BCUT2D eigenvalue weighted by atomic mass is 9.32. The monoisotopic (exact) mass is 442 g/mol. The van der Waals surface area contributed by atoms with Gasteiger partial charge in [-0.25, -0.2) is 0 Å². The number of fused-ring (bicyclic) bond motifs is 7. The maximum absolute atomic E-state index is 10.9. The molecule has 0 aromatic carbocycles. The lowest BCUT2D eigenvalue weighted by Gasteiger charge is -2.73. The van der Waals surface area contributed by atoms with Crippen molar-refractivity contribution in [3.63, 3.8) is 0 Å². The van der Waals surface area contributed by atoms with E-state index in [1.807, 2.05) is 0 Å². The molecule has 5 saturated carbocycles. The number of rotatable bonds is 2. The summed E-state index contributed by atoms with van der Waals surface area (Å²) in [6.07, 6.45) is 12.3. The Hall–Kier alpha value is -0.340. The second kappa shape index (κ2) is 7.09. The molecule has 5 aliphatic carbocycles. The molecule has 5 aliphatic rings. The molecule has 0 heterocycles. The molecular formula is C30H50O2. The van der Waals surface area contributed by atoms with Gasteiger partial charge < -0.3 is 10.2 Å². The van der Waals surface area contributed by atoms with Gasteiger partial charge in [0.05, 0.1) is 12.7 Å². The Kier molecular flexibility index (Phi) is 5.19. The van der Waals surface area contributed by atoms with Crippen LogP contribution in [0.25, 0.3) is 0 Å². The molecule has 0 spiro atoms. The number of hydrogen-bond acceptors (Lipinski definition) is 2. The summed E-state index contributed by atoms with van der Waals surface area (Å²) >= 11 is 0. The summed E-state index contributed by atoms with van der Waals surface area (Å²) in [7, 11) is 0. The summed E-state index contributed by atoms with van der Waals surface area (Å²) in [5.74, 6) is 3.51. The van der Waals surface area contributed by atoms with Gasteiger partial charge in [-0.05, 0) is 122 Å². The van der Waals surface area contributed by atoms with E-state index < -0.39 is 0 Å². The van der Waals surface area contributed by atoms with Gasteiger partial charge in [0.15, 0.2) is 0 Å². The Morgan fingerprint density at radius 3 is 2.19 bits per heavy atom. The quantitative estimate of drug-likeness (QED) is 0.452. The molecule has 0 amide bonds. The molecule has 5 rings (SSSR count). The van der Waals surface area contributed by atoms with Gasteiger partial charge in [0, 0.05) is 5.41 Å². The van der Waals surface area contributed by atoms with Crippen molar-refractivity contribution >= 4 is 0 Å². The van der Waals surface area contributed by atoms with Crippen LogP contribution in [0.4, 0.5) is 0 Å². The third-order valence-corrected chi connectivity index (χ3v) is 13.6. The fourth-order valence-electron chi connectivity index (χ4n) is 11.5. The van der Waals surface area contributed by atoms with E-state index in [1.54, 1.807) is 0 Å². The van der Waals surface area contributed by atoms with E-state index in [-0.39, 0.29) is 23.5 Å². The van der Waals surface area contributed by atoms with Gasteiger partial charge in [-0.3, -0.25) is 0 Å². The van der Waals surface area contributed by atoms with E-state index in [2.05, 4.69) is 48.1 Å². The van der Waals surface area contributed by atoms with E-state index in [4.69, 9.17) is 0 Å². The first-order valence-electron chi connectivity index (χ1n) is 13.8. The van der Waals surface area contributed by atoms with Crippen LogP contribution in [0.2, 0.25) is 0 Å². The SMILES string of the molecule is C=C(C)[C@@H]1CC[C@]2(C)CC[C@]3(C)[C@H](CC[C@@H]4[C@@]5(C)CC[C@H](O)[C@@](C)(CO)[C@H]5CC[C@]43C)[C@@H]12. The van der Waals surface area contributed by atoms with Crippen molar-refractivity contribution in [1.82, 2.24) is 0 Å². The highest BCUT2D eigenvalue weighted by Crippen LogP contribution is 2.77. The van der Waals surface area contributed by atoms with Crippen LogP contribution >= 0.6 is 0 Å². The van der Waals surface area contributed by atoms with E-state index in [9.17, 15) is 10.2 Å². The van der Waals surface area contributed by atoms with E-state index in [0.29, 0.717) is 28.1 Å². The lowest BCUT2D eigenvalue weighted by Crippen LogP contribution is -2.67. The van der Waals surface area contributed by atoms with Gasteiger partial charge in [0.1, 0.15) is 0 Å². The molecule has 0 aromatic rings. The van der Waals surface area contributed by atoms with E-state index in [1.165, 1.54) is 56.9 Å². The highest BCUT2D eigenvalue weighted by molar-refractivity contribution is 5.21. The fraction of sp³-hybridized carbons (Fsp3) is 0.933. The van der Waals surface area contributed by atoms with Gasteiger partial charge >= 0.3 is 0 Å². The van der Waals surface area contributed by atoms with Gasteiger partial charge in [0.2, 0.25) is 0 Å². The molecular weight excluding hydrogens is 392 g/mol. The summed E-state index contributed by atoms with van der Waals surface area (Å²) in [5.41, 5.74) is 2.62. The minimum absolute atomic E-state index is 0.123.